The van der Waals surface area contributed by atoms with Crippen molar-refractivity contribution in [2.75, 3.05) is 6.61 Å². The van der Waals surface area contributed by atoms with Crippen molar-refractivity contribution in [1.29, 1.82) is 0 Å². The lowest BCUT2D eigenvalue weighted by Gasteiger charge is -2.24. The summed E-state index contributed by atoms with van der Waals surface area (Å²) >= 11 is 1.92. The van der Waals surface area contributed by atoms with Crippen LogP contribution in [0.2, 0.25) is 0 Å². The number of ether oxygens (including phenoxy) is 1. The molecule has 0 saturated carbocycles. The molecule has 2 heterocycles. The van der Waals surface area contributed by atoms with E-state index in [-0.39, 0.29) is 6.04 Å². The van der Waals surface area contributed by atoms with Gasteiger partial charge in [-0.1, -0.05) is 13.8 Å². The van der Waals surface area contributed by atoms with Gasteiger partial charge in [-0.2, -0.15) is 0 Å². The summed E-state index contributed by atoms with van der Waals surface area (Å²) in [5.74, 6) is 0. The third kappa shape index (κ3) is 3.01. The molecule has 1 fully saturated rings. The number of fused-ring (bicyclic) bond motifs is 1. The quantitative estimate of drug-likeness (QED) is 0.919. The van der Waals surface area contributed by atoms with Gasteiger partial charge in [0.1, 0.15) is 5.01 Å². The second-order valence-corrected chi connectivity index (χ2v) is 7.09. The minimum atomic E-state index is 0.290. The zero-order valence-corrected chi connectivity index (χ0v) is 12.8. The van der Waals surface area contributed by atoms with E-state index >= 15 is 0 Å². The van der Waals surface area contributed by atoms with Gasteiger partial charge in [0.05, 0.1) is 17.8 Å². The lowest BCUT2D eigenvalue weighted by atomic mass is 10.0. The Bertz CT molecular complexity index is 400. The van der Waals surface area contributed by atoms with Gasteiger partial charge >= 0.3 is 0 Å². The van der Waals surface area contributed by atoms with Crippen LogP contribution < -0.4 is 5.32 Å². The van der Waals surface area contributed by atoms with Crippen molar-refractivity contribution in [1.82, 2.24) is 10.3 Å². The summed E-state index contributed by atoms with van der Waals surface area (Å²) in [6.07, 6.45) is 7.70. The fraction of sp³-hybridized carbons (Fsp3) is 0.800. The molecule has 1 aromatic heterocycles. The predicted molar refractivity (Wildman–Crippen MR) is 78.7 cm³/mol. The van der Waals surface area contributed by atoms with Crippen molar-refractivity contribution in [2.45, 2.75) is 70.6 Å². The van der Waals surface area contributed by atoms with E-state index in [0.29, 0.717) is 12.1 Å². The van der Waals surface area contributed by atoms with Crippen LogP contribution in [0.3, 0.4) is 0 Å². The second-order valence-electron chi connectivity index (χ2n) is 5.98. The SMILES string of the molecule is CC(C)NC(c1nc2c(s1)CCCC2)C1CCCO1. The Morgan fingerprint density at radius 2 is 2.11 bits per heavy atom. The highest BCUT2D eigenvalue weighted by atomic mass is 32.1. The van der Waals surface area contributed by atoms with Crippen LogP contribution in [0.15, 0.2) is 0 Å². The minimum Gasteiger partial charge on any atom is -0.376 e. The first-order valence-corrected chi connectivity index (χ1v) is 8.42. The summed E-state index contributed by atoms with van der Waals surface area (Å²) in [6.45, 7) is 5.32. The van der Waals surface area contributed by atoms with E-state index < -0.39 is 0 Å². The Morgan fingerprint density at radius 1 is 1.26 bits per heavy atom. The molecule has 1 aromatic rings. The molecule has 1 aliphatic carbocycles. The normalized spacial score (nSPS) is 24.7. The van der Waals surface area contributed by atoms with Crippen molar-refractivity contribution >= 4 is 11.3 Å². The Kier molecular flexibility index (Phi) is 4.20. The van der Waals surface area contributed by atoms with Crippen molar-refractivity contribution in [3.05, 3.63) is 15.6 Å². The van der Waals surface area contributed by atoms with Crippen molar-refractivity contribution in [2.24, 2.45) is 0 Å². The predicted octanol–water partition coefficient (Wildman–Crippen LogP) is 3.24. The molecule has 2 atom stereocenters. The van der Waals surface area contributed by atoms with Gasteiger partial charge in [-0.05, 0) is 38.5 Å². The van der Waals surface area contributed by atoms with Crippen molar-refractivity contribution < 1.29 is 4.74 Å². The number of aryl methyl sites for hydroxylation is 2. The number of thiazole rings is 1. The van der Waals surface area contributed by atoms with E-state index in [1.54, 1.807) is 0 Å². The minimum absolute atomic E-state index is 0.290. The molecule has 3 rings (SSSR count). The maximum absolute atomic E-state index is 5.91. The molecule has 3 nitrogen and oxygen atoms in total. The Balaban J connectivity index is 1.83. The van der Waals surface area contributed by atoms with Crippen LogP contribution in [0, 0.1) is 0 Å². The highest BCUT2D eigenvalue weighted by molar-refractivity contribution is 7.11. The highest BCUT2D eigenvalue weighted by Gasteiger charge is 2.31. The first-order valence-electron chi connectivity index (χ1n) is 7.60. The lowest BCUT2D eigenvalue weighted by Crippen LogP contribution is -2.36. The third-order valence-electron chi connectivity index (χ3n) is 3.98. The first kappa shape index (κ1) is 13.5. The zero-order chi connectivity index (χ0) is 13.2. The van der Waals surface area contributed by atoms with E-state index in [1.165, 1.54) is 47.7 Å². The Morgan fingerprint density at radius 3 is 2.79 bits per heavy atom. The third-order valence-corrected chi connectivity index (χ3v) is 5.22. The molecule has 1 N–H and O–H groups in total. The van der Waals surface area contributed by atoms with Crippen LogP contribution in [-0.2, 0) is 17.6 Å². The average molecular weight is 280 g/mol. The van der Waals surface area contributed by atoms with Crippen LogP contribution in [0.25, 0.3) is 0 Å². The number of rotatable bonds is 4. The maximum Gasteiger partial charge on any atom is 0.113 e. The molecule has 1 aliphatic heterocycles. The molecular weight excluding hydrogens is 256 g/mol. The lowest BCUT2D eigenvalue weighted by molar-refractivity contribution is 0.0752. The molecule has 19 heavy (non-hydrogen) atoms. The summed E-state index contributed by atoms with van der Waals surface area (Å²) in [6, 6.07) is 0.758. The monoisotopic (exact) mass is 280 g/mol. The molecule has 0 amide bonds. The number of nitrogens with one attached hydrogen (secondary N) is 1. The van der Waals surface area contributed by atoms with Gasteiger partial charge in [-0.15, -0.1) is 11.3 Å². The van der Waals surface area contributed by atoms with Crippen LogP contribution in [-0.4, -0.2) is 23.7 Å². The largest absolute Gasteiger partial charge is 0.376 e. The van der Waals surface area contributed by atoms with Crippen molar-refractivity contribution in [3.8, 4) is 0 Å². The van der Waals surface area contributed by atoms with Gasteiger partial charge < -0.3 is 10.1 Å². The Hall–Kier alpha value is -0.450. The van der Waals surface area contributed by atoms with Crippen LogP contribution in [0.4, 0.5) is 0 Å². The van der Waals surface area contributed by atoms with Crippen LogP contribution >= 0.6 is 11.3 Å². The van der Waals surface area contributed by atoms with Crippen molar-refractivity contribution in [3.63, 3.8) is 0 Å². The van der Waals surface area contributed by atoms with Gasteiger partial charge in [0.15, 0.2) is 0 Å². The number of hydrogen-bond acceptors (Lipinski definition) is 4. The van der Waals surface area contributed by atoms with E-state index in [0.717, 1.165) is 13.0 Å². The molecule has 0 aromatic carbocycles. The van der Waals surface area contributed by atoms with E-state index in [1.807, 2.05) is 11.3 Å². The van der Waals surface area contributed by atoms with Gasteiger partial charge in [-0.25, -0.2) is 4.98 Å². The van der Waals surface area contributed by atoms with Gasteiger partial charge in [0, 0.05) is 17.5 Å². The Labute approximate surface area is 119 Å². The van der Waals surface area contributed by atoms with E-state index in [4.69, 9.17) is 9.72 Å². The molecule has 2 unspecified atom stereocenters. The second kappa shape index (κ2) is 5.90. The molecular formula is C15H24N2OS. The highest BCUT2D eigenvalue weighted by Crippen LogP contribution is 2.34. The summed E-state index contributed by atoms with van der Waals surface area (Å²) < 4.78 is 5.91. The molecule has 4 heteroatoms. The molecule has 1 saturated heterocycles. The molecule has 2 aliphatic rings. The van der Waals surface area contributed by atoms with Crippen LogP contribution in [0.5, 0.6) is 0 Å². The standard InChI is InChI=1S/C15H24N2OS/c1-10(2)16-14(12-7-5-9-18-12)15-17-11-6-3-4-8-13(11)19-15/h10,12,14,16H,3-9H2,1-2H3. The van der Waals surface area contributed by atoms with E-state index in [2.05, 4.69) is 19.2 Å². The fourth-order valence-corrected chi connectivity index (χ4v) is 4.33. The van der Waals surface area contributed by atoms with Gasteiger partial charge in [0.25, 0.3) is 0 Å². The molecule has 106 valence electrons. The first-order chi connectivity index (χ1) is 9.24. The molecule has 0 spiro atoms. The number of nitrogens with zero attached hydrogens (tertiary/aromatic N) is 1. The summed E-state index contributed by atoms with van der Waals surface area (Å²) in [5, 5.41) is 4.93. The summed E-state index contributed by atoms with van der Waals surface area (Å²) in [4.78, 5) is 6.45. The fourth-order valence-electron chi connectivity index (χ4n) is 3.07. The van der Waals surface area contributed by atoms with E-state index in [9.17, 15) is 0 Å². The van der Waals surface area contributed by atoms with Crippen LogP contribution in [0.1, 0.15) is 61.2 Å². The molecule has 0 radical (unpaired) electrons. The van der Waals surface area contributed by atoms with Gasteiger partial charge in [0.2, 0.25) is 0 Å². The zero-order valence-electron chi connectivity index (χ0n) is 11.9. The summed E-state index contributed by atoms with van der Waals surface area (Å²) in [7, 11) is 0. The average Bonchev–Trinajstić information content (AvgIpc) is 3.04. The number of hydrogen-bond donors (Lipinski definition) is 1. The van der Waals surface area contributed by atoms with Gasteiger partial charge in [-0.3, -0.25) is 0 Å². The molecule has 0 bridgehead atoms. The summed E-state index contributed by atoms with van der Waals surface area (Å²) in [5.41, 5.74) is 1.36. The maximum atomic E-state index is 5.91. The smallest absolute Gasteiger partial charge is 0.113 e. The number of aromatic nitrogens is 1. The topological polar surface area (TPSA) is 34.2 Å².